The van der Waals surface area contributed by atoms with Gasteiger partial charge in [0.15, 0.2) is 5.96 Å². The summed E-state index contributed by atoms with van der Waals surface area (Å²) in [7, 11) is -3.30. The van der Waals surface area contributed by atoms with Crippen LogP contribution in [0.15, 0.2) is 29.3 Å². The van der Waals surface area contributed by atoms with Crippen LogP contribution in [0.2, 0.25) is 0 Å². The summed E-state index contributed by atoms with van der Waals surface area (Å²) in [5.41, 5.74) is -0.0542. The third kappa shape index (κ3) is 8.26. The Balaban J connectivity index is 2.61. The van der Waals surface area contributed by atoms with Crippen molar-refractivity contribution in [2.75, 3.05) is 25.9 Å². The van der Waals surface area contributed by atoms with Crippen molar-refractivity contribution >= 4 is 16.0 Å². The largest absolute Gasteiger partial charge is 0.357 e. The topological polar surface area (TPSA) is 82.6 Å². The first-order valence-electron chi connectivity index (χ1n) is 7.87. The number of rotatable bonds is 8. The van der Waals surface area contributed by atoms with Crippen LogP contribution in [0.1, 0.15) is 26.3 Å². The number of nitrogens with zero attached hydrogens (tertiary/aromatic N) is 1. The number of hydrogen-bond acceptors (Lipinski definition) is 3. The molecule has 0 bridgehead atoms. The molecule has 24 heavy (non-hydrogen) atoms. The molecular formula is C16H27FN4O2S. The van der Waals surface area contributed by atoms with E-state index in [-0.39, 0.29) is 12.4 Å². The first-order chi connectivity index (χ1) is 11.1. The van der Waals surface area contributed by atoms with Crippen LogP contribution in [0.4, 0.5) is 4.39 Å². The molecule has 0 spiro atoms. The van der Waals surface area contributed by atoms with Crippen molar-refractivity contribution < 1.29 is 12.8 Å². The molecule has 1 aromatic rings. The molecular weight excluding hydrogens is 331 g/mol. The van der Waals surface area contributed by atoms with Crippen molar-refractivity contribution in [3.8, 4) is 0 Å². The van der Waals surface area contributed by atoms with E-state index in [2.05, 4.69) is 20.3 Å². The Morgan fingerprint density at radius 2 is 1.92 bits per heavy atom. The molecule has 136 valence electrons. The van der Waals surface area contributed by atoms with E-state index in [1.165, 1.54) is 6.07 Å². The zero-order valence-electron chi connectivity index (χ0n) is 14.7. The summed E-state index contributed by atoms with van der Waals surface area (Å²) >= 11 is 0. The first-order valence-corrected chi connectivity index (χ1v) is 9.76. The van der Waals surface area contributed by atoms with Crippen LogP contribution in [0, 0.1) is 5.82 Å². The van der Waals surface area contributed by atoms with E-state index < -0.39 is 15.6 Å². The van der Waals surface area contributed by atoms with E-state index in [1.54, 1.807) is 32.0 Å². The van der Waals surface area contributed by atoms with Crippen molar-refractivity contribution in [1.82, 2.24) is 15.4 Å². The molecule has 1 rings (SSSR count). The Morgan fingerprint density at radius 3 is 2.50 bits per heavy atom. The molecule has 0 aliphatic carbocycles. The van der Waals surface area contributed by atoms with E-state index in [4.69, 9.17) is 0 Å². The average molecular weight is 358 g/mol. The lowest BCUT2D eigenvalue weighted by Gasteiger charge is -2.23. The van der Waals surface area contributed by atoms with Gasteiger partial charge in [-0.3, -0.25) is 4.99 Å². The van der Waals surface area contributed by atoms with Gasteiger partial charge in [0.05, 0.1) is 12.8 Å². The van der Waals surface area contributed by atoms with Crippen molar-refractivity contribution in [2.24, 2.45) is 4.99 Å². The van der Waals surface area contributed by atoms with E-state index in [9.17, 15) is 12.8 Å². The molecule has 0 radical (unpaired) electrons. The molecule has 8 heteroatoms. The second-order valence-corrected chi connectivity index (χ2v) is 7.97. The van der Waals surface area contributed by atoms with Crippen molar-refractivity contribution in [2.45, 2.75) is 32.7 Å². The molecule has 0 saturated carbocycles. The van der Waals surface area contributed by atoms with Gasteiger partial charge < -0.3 is 10.6 Å². The quantitative estimate of drug-likeness (QED) is 0.482. The van der Waals surface area contributed by atoms with E-state index >= 15 is 0 Å². The molecule has 0 fully saturated rings. The number of guanidine groups is 1. The number of benzene rings is 1. The number of halogens is 1. The normalized spacial score (nSPS) is 13.0. The zero-order chi connectivity index (χ0) is 18.2. The van der Waals surface area contributed by atoms with Gasteiger partial charge in [0.2, 0.25) is 10.0 Å². The lowest BCUT2D eigenvalue weighted by Crippen LogP contribution is -2.47. The Labute approximate surface area is 144 Å². The van der Waals surface area contributed by atoms with Crippen LogP contribution in [0.5, 0.6) is 0 Å². The standard InChI is InChI=1S/C16H27FN4O2S/c1-5-18-15(20-12-16(2,3)21-24(4,22)23)19-11-10-13-8-6-7-9-14(13)17/h6-9,21H,5,10-12H2,1-4H3,(H2,18,19,20). The maximum atomic E-state index is 13.6. The Bertz CT molecular complexity index is 660. The maximum Gasteiger partial charge on any atom is 0.209 e. The van der Waals surface area contributed by atoms with Gasteiger partial charge in [0.1, 0.15) is 5.82 Å². The first kappa shape index (κ1) is 20.4. The highest BCUT2D eigenvalue weighted by Crippen LogP contribution is 2.06. The van der Waals surface area contributed by atoms with Crippen LogP contribution >= 0.6 is 0 Å². The lowest BCUT2D eigenvalue weighted by atomic mass is 10.1. The summed E-state index contributed by atoms with van der Waals surface area (Å²) in [5.74, 6) is 0.344. The zero-order valence-corrected chi connectivity index (χ0v) is 15.5. The Morgan fingerprint density at radius 1 is 1.25 bits per heavy atom. The van der Waals surface area contributed by atoms with Crippen molar-refractivity contribution in [1.29, 1.82) is 0 Å². The fourth-order valence-electron chi connectivity index (χ4n) is 2.17. The molecule has 0 aromatic heterocycles. The van der Waals surface area contributed by atoms with Gasteiger partial charge in [-0.1, -0.05) is 18.2 Å². The second-order valence-electron chi connectivity index (χ2n) is 6.22. The van der Waals surface area contributed by atoms with Gasteiger partial charge in [-0.15, -0.1) is 0 Å². The van der Waals surface area contributed by atoms with Crippen molar-refractivity contribution in [3.63, 3.8) is 0 Å². The molecule has 0 atom stereocenters. The smallest absolute Gasteiger partial charge is 0.209 e. The molecule has 0 amide bonds. The Hall–Kier alpha value is -1.67. The third-order valence-electron chi connectivity index (χ3n) is 3.08. The second kappa shape index (κ2) is 8.98. The molecule has 0 unspecified atom stereocenters. The van der Waals surface area contributed by atoms with Crippen LogP contribution in [0.25, 0.3) is 0 Å². The van der Waals surface area contributed by atoms with Gasteiger partial charge >= 0.3 is 0 Å². The van der Waals surface area contributed by atoms with Gasteiger partial charge in [0.25, 0.3) is 0 Å². The average Bonchev–Trinajstić information content (AvgIpc) is 2.44. The number of aliphatic imine (C=N–C) groups is 1. The molecule has 0 aliphatic heterocycles. The van der Waals surface area contributed by atoms with Crippen LogP contribution in [-0.4, -0.2) is 45.8 Å². The summed E-state index contributed by atoms with van der Waals surface area (Å²) in [5, 5.41) is 6.21. The summed E-state index contributed by atoms with van der Waals surface area (Å²) < 4.78 is 38.8. The minimum Gasteiger partial charge on any atom is -0.357 e. The number of hydrogen-bond donors (Lipinski definition) is 3. The van der Waals surface area contributed by atoms with Crippen LogP contribution in [0.3, 0.4) is 0 Å². The van der Waals surface area contributed by atoms with Gasteiger partial charge in [-0.2, -0.15) is 0 Å². The number of nitrogens with one attached hydrogen (secondary N) is 3. The van der Waals surface area contributed by atoms with Gasteiger partial charge in [-0.25, -0.2) is 17.5 Å². The van der Waals surface area contributed by atoms with Gasteiger partial charge in [0, 0.05) is 18.6 Å². The fraction of sp³-hybridized carbons (Fsp3) is 0.562. The lowest BCUT2D eigenvalue weighted by molar-refractivity contribution is 0.464. The van der Waals surface area contributed by atoms with E-state index in [0.29, 0.717) is 31.0 Å². The Kier molecular flexibility index (Phi) is 7.62. The predicted octanol–water partition coefficient (Wildman–Crippen LogP) is 1.25. The third-order valence-corrected chi connectivity index (χ3v) is 4.01. The van der Waals surface area contributed by atoms with E-state index in [1.807, 2.05) is 6.92 Å². The molecule has 6 nitrogen and oxygen atoms in total. The fourth-order valence-corrected chi connectivity index (χ4v) is 3.24. The minimum atomic E-state index is -3.30. The number of sulfonamides is 1. The molecule has 0 aliphatic rings. The summed E-state index contributed by atoms with van der Waals surface area (Å²) in [6.07, 6.45) is 1.65. The molecule has 0 saturated heterocycles. The summed E-state index contributed by atoms with van der Waals surface area (Å²) in [6, 6.07) is 6.65. The molecule has 3 N–H and O–H groups in total. The molecule has 0 heterocycles. The van der Waals surface area contributed by atoms with Gasteiger partial charge in [-0.05, 0) is 38.8 Å². The SMILES string of the molecule is CCNC(=NCC(C)(C)NS(C)(=O)=O)NCCc1ccccc1F. The highest BCUT2D eigenvalue weighted by atomic mass is 32.2. The maximum absolute atomic E-state index is 13.6. The predicted molar refractivity (Wildman–Crippen MR) is 96.1 cm³/mol. The highest BCUT2D eigenvalue weighted by molar-refractivity contribution is 7.88. The van der Waals surface area contributed by atoms with Crippen molar-refractivity contribution in [3.05, 3.63) is 35.6 Å². The monoisotopic (exact) mass is 358 g/mol. The van der Waals surface area contributed by atoms with E-state index in [0.717, 1.165) is 6.26 Å². The highest BCUT2D eigenvalue weighted by Gasteiger charge is 2.21. The summed E-state index contributed by atoms with van der Waals surface area (Å²) in [4.78, 5) is 4.40. The van der Waals surface area contributed by atoms with Crippen LogP contribution in [-0.2, 0) is 16.4 Å². The minimum absolute atomic E-state index is 0.222. The molecule has 1 aromatic carbocycles. The van der Waals surface area contributed by atoms with Crippen LogP contribution < -0.4 is 15.4 Å². The summed E-state index contributed by atoms with van der Waals surface area (Å²) in [6.45, 7) is 6.93.